The molecule has 13 heavy (non-hydrogen) atoms. The molecule has 72 valence electrons. The second kappa shape index (κ2) is 3.43. The van der Waals surface area contributed by atoms with Crippen molar-refractivity contribution in [3.63, 3.8) is 0 Å². The largest absolute Gasteiger partial charge is 0.330 e. The molecule has 2 heteroatoms. The van der Waals surface area contributed by atoms with Crippen molar-refractivity contribution in [2.75, 3.05) is 6.54 Å². The molecule has 1 aliphatic carbocycles. The lowest BCUT2D eigenvalue weighted by Gasteiger charge is -2.27. The summed E-state index contributed by atoms with van der Waals surface area (Å²) in [6.07, 6.45) is 5.29. The number of hydrogen-bond acceptors (Lipinski definition) is 2. The molecular weight excluding hydrogens is 178 g/mol. The number of rotatable bonds is 2. The molecule has 0 aromatic carbocycles. The molecule has 2 rings (SSSR count). The average molecular weight is 195 g/mol. The van der Waals surface area contributed by atoms with Gasteiger partial charge >= 0.3 is 0 Å². The van der Waals surface area contributed by atoms with Gasteiger partial charge in [-0.05, 0) is 41.7 Å². The van der Waals surface area contributed by atoms with Crippen LogP contribution in [-0.2, 0) is 5.41 Å². The predicted molar refractivity (Wildman–Crippen MR) is 58.3 cm³/mol. The Morgan fingerprint density at radius 1 is 1.38 bits per heavy atom. The van der Waals surface area contributed by atoms with Gasteiger partial charge in [-0.3, -0.25) is 0 Å². The first kappa shape index (κ1) is 9.22. The fourth-order valence-corrected chi connectivity index (χ4v) is 3.51. The van der Waals surface area contributed by atoms with E-state index in [4.69, 9.17) is 5.73 Å². The predicted octanol–water partition coefficient (Wildman–Crippen LogP) is 2.83. The topological polar surface area (TPSA) is 26.0 Å². The van der Waals surface area contributed by atoms with Crippen LogP contribution >= 0.6 is 11.3 Å². The highest BCUT2D eigenvalue weighted by atomic mass is 32.1. The first-order chi connectivity index (χ1) is 6.28. The van der Waals surface area contributed by atoms with Gasteiger partial charge in [-0.1, -0.05) is 12.8 Å². The van der Waals surface area contributed by atoms with Gasteiger partial charge < -0.3 is 5.73 Å². The zero-order valence-electron chi connectivity index (χ0n) is 8.18. The van der Waals surface area contributed by atoms with Crippen molar-refractivity contribution >= 4 is 11.3 Å². The van der Waals surface area contributed by atoms with Crippen LogP contribution < -0.4 is 5.73 Å². The van der Waals surface area contributed by atoms with Gasteiger partial charge in [-0.25, -0.2) is 0 Å². The third-order valence-electron chi connectivity index (χ3n) is 3.38. The number of hydrogen-bond donors (Lipinski definition) is 1. The minimum Gasteiger partial charge on any atom is -0.330 e. The Bertz CT molecular complexity index is 284. The Morgan fingerprint density at radius 3 is 2.54 bits per heavy atom. The molecular formula is C11H17NS. The summed E-state index contributed by atoms with van der Waals surface area (Å²) in [5.41, 5.74) is 9.24. The van der Waals surface area contributed by atoms with Crippen molar-refractivity contribution < 1.29 is 0 Å². The highest BCUT2D eigenvalue weighted by molar-refractivity contribution is 7.08. The van der Waals surface area contributed by atoms with E-state index in [1.165, 1.54) is 36.8 Å². The van der Waals surface area contributed by atoms with Crippen LogP contribution in [0.5, 0.6) is 0 Å². The van der Waals surface area contributed by atoms with E-state index in [1.807, 2.05) is 11.3 Å². The second-order valence-electron chi connectivity index (χ2n) is 4.16. The van der Waals surface area contributed by atoms with Crippen LogP contribution in [-0.4, -0.2) is 6.54 Å². The SMILES string of the molecule is Cc1cscc1C1(CN)CCCC1. The van der Waals surface area contributed by atoms with Gasteiger partial charge in [0, 0.05) is 12.0 Å². The highest BCUT2D eigenvalue weighted by Crippen LogP contribution is 2.42. The molecule has 0 aliphatic heterocycles. The molecule has 0 unspecified atom stereocenters. The van der Waals surface area contributed by atoms with Crippen molar-refractivity contribution in [2.45, 2.75) is 38.0 Å². The number of thiophene rings is 1. The summed E-state index contributed by atoms with van der Waals surface area (Å²) in [5.74, 6) is 0. The van der Waals surface area contributed by atoms with E-state index in [1.54, 1.807) is 0 Å². The lowest BCUT2D eigenvalue weighted by molar-refractivity contribution is 0.452. The Kier molecular flexibility index (Phi) is 2.43. The molecule has 0 saturated heterocycles. The van der Waals surface area contributed by atoms with E-state index < -0.39 is 0 Å². The fourth-order valence-electron chi connectivity index (χ4n) is 2.54. The molecule has 1 aromatic rings. The zero-order valence-corrected chi connectivity index (χ0v) is 8.99. The van der Waals surface area contributed by atoms with Crippen LogP contribution in [0, 0.1) is 6.92 Å². The smallest absolute Gasteiger partial charge is 0.00864 e. The van der Waals surface area contributed by atoms with E-state index in [9.17, 15) is 0 Å². The summed E-state index contributed by atoms with van der Waals surface area (Å²) >= 11 is 1.81. The van der Waals surface area contributed by atoms with E-state index in [2.05, 4.69) is 17.7 Å². The van der Waals surface area contributed by atoms with Crippen molar-refractivity contribution in [2.24, 2.45) is 5.73 Å². The first-order valence-electron chi connectivity index (χ1n) is 5.02. The average Bonchev–Trinajstić information content (AvgIpc) is 2.73. The molecule has 1 aromatic heterocycles. The van der Waals surface area contributed by atoms with Crippen LogP contribution in [0.15, 0.2) is 10.8 Å². The third-order valence-corrected chi connectivity index (χ3v) is 4.24. The molecule has 1 fully saturated rings. The van der Waals surface area contributed by atoms with Gasteiger partial charge in [-0.2, -0.15) is 11.3 Å². The van der Waals surface area contributed by atoms with Crippen molar-refractivity contribution in [3.8, 4) is 0 Å². The van der Waals surface area contributed by atoms with Crippen LogP contribution in [0.2, 0.25) is 0 Å². The Hall–Kier alpha value is -0.340. The van der Waals surface area contributed by atoms with Crippen molar-refractivity contribution in [1.29, 1.82) is 0 Å². The maximum Gasteiger partial charge on any atom is 0.00864 e. The summed E-state index contributed by atoms with van der Waals surface area (Å²) < 4.78 is 0. The summed E-state index contributed by atoms with van der Waals surface area (Å²) in [5, 5.41) is 4.54. The maximum absolute atomic E-state index is 5.93. The van der Waals surface area contributed by atoms with Gasteiger partial charge in [0.1, 0.15) is 0 Å². The van der Waals surface area contributed by atoms with Gasteiger partial charge in [0.15, 0.2) is 0 Å². The molecule has 1 heterocycles. The van der Waals surface area contributed by atoms with E-state index >= 15 is 0 Å². The van der Waals surface area contributed by atoms with Crippen LogP contribution in [0.1, 0.15) is 36.8 Å². The molecule has 1 nitrogen and oxygen atoms in total. The molecule has 1 aliphatic rings. The van der Waals surface area contributed by atoms with Gasteiger partial charge in [0.05, 0.1) is 0 Å². The van der Waals surface area contributed by atoms with Gasteiger partial charge in [0.25, 0.3) is 0 Å². The molecule has 2 N–H and O–H groups in total. The lowest BCUT2D eigenvalue weighted by atomic mass is 9.79. The van der Waals surface area contributed by atoms with Crippen LogP contribution in [0.25, 0.3) is 0 Å². The standard InChI is InChI=1S/C11H17NS/c1-9-6-13-7-10(9)11(8-12)4-2-3-5-11/h6-7H,2-5,8,12H2,1H3. The Morgan fingerprint density at radius 2 is 2.08 bits per heavy atom. The summed E-state index contributed by atoms with van der Waals surface area (Å²) in [4.78, 5) is 0. The monoisotopic (exact) mass is 195 g/mol. The summed E-state index contributed by atoms with van der Waals surface area (Å²) in [6.45, 7) is 3.03. The summed E-state index contributed by atoms with van der Waals surface area (Å²) in [6, 6.07) is 0. The molecule has 0 radical (unpaired) electrons. The zero-order chi connectivity index (χ0) is 9.31. The molecule has 0 amide bonds. The van der Waals surface area contributed by atoms with Crippen molar-refractivity contribution in [1.82, 2.24) is 0 Å². The summed E-state index contributed by atoms with van der Waals surface area (Å²) in [7, 11) is 0. The molecule has 0 atom stereocenters. The second-order valence-corrected chi connectivity index (χ2v) is 4.90. The highest BCUT2D eigenvalue weighted by Gasteiger charge is 2.35. The maximum atomic E-state index is 5.93. The van der Waals surface area contributed by atoms with Crippen LogP contribution in [0.4, 0.5) is 0 Å². The van der Waals surface area contributed by atoms with E-state index in [-0.39, 0.29) is 0 Å². The number of aryl methyl sites for hydroxylation is 1. The first-order valence-corrected chi connectivity index (χ1v) is 5.96. The number of nitrogens with two attached hydrogens (primary N) is 1. The van der Waals surface area contributed by atoms with Gasteiger partial charge in [0.2, 0.25) is 0 Å². The molecule has 0 spiro atoms. The Balaban J connectivity index is 2.36. The van der Waals surface area contributed by atoms with Gasteiger partial charge in [-0.15, -0.1) is 0 Å². The minimum atomic E-state index is 0.337. The van der Waals surface area contributed by atoms with Crippen LogP contribution in [0.3, 0.4) is 0 Å². The van der Waals surface area contributed by atoms with E-state index in [0.717, 1.165) is 6.54 Å². The normalized spacial score (nSPS) is 20.8. The van der Waals surface area contributed by atoms with Crippen molar-refractivity contribution in [3.05, 3.63) is 21.9 Å². The lowest BCUT2D eigenvalue weighted by Crippen LogP contribution is -2.32. The fraction of sp³-hybridized carbons (Fsp3) is 0.636. The molecule has 0 bridgehead atoms. The minimum absolute atomic E-state index is 0.337. The Labute approximate surface area is 84.0 Å². The van der Waals surface area contributed by atoms with E-state index in [0.29, 0.717) is 5.41 Å². The quantitative estimate of drug-likeness (QED) is 0.771. The molecule has 1 saturated carbocycles. The third kappa shape index (κ3) is 1.42.